The summed E-state index contributed by atoms with van der Waals surface area (Å²) in [5, 5.41) is 13.9. The lowest BCUT2D eigenvalue weighted by atomic mass is 9.93. The van der Waals surface area contributed by atoms with Crippen LogP contribution in [-0.2, 0) is 18.0 Å². The molecule has 8 nitrogen and oxygen atoms in total. The molecule has 0 fully saturated rings. The first kappa shape index (κ1) is 31.7. The number of anilines is 1. The van der Waals surface area contributed by atoms with Crippen molar-refractivity contribution in [3.8, 4) is 0 Å². The van der Waals surface area contributed by atoms with Crippen molar-refractivity contribution >= 4 is 29.0 Å². The van der Waals surface area contributed by atoms with E-state index in [1.807, 2.05) is 45.9 Å². The highest BCUT2D eigenvalue weighted by atomic mass is 32.2. The zero-order valence-electron chi connectivity index (χ0n) is 21.0. The third kappa shape index (κ3) is 9.32. The van der Waals surface area contributed by atoms with Crippen molar-refractivity contribution in [1.29, 1.82) is 0 Å². The van der Waals surface area contributed by atoms with Gasteiger partial charge in [-0.15, -0.1) is 0 Å². The number of hydrogen-bond acceptors (Lipinski definition) is 5. The number of nitrogens with one attached hydrogen (secondary N) is 2. The fraction of sp³-hybridized carbons (Fsp3) is 0.522. The lowest BCUT2D eigenvalue weighted by Gasteiger charge is -2.20. The molecule has 0 bridgehead atoms. The molecule has 2 amide bonds. The minimum absolute atomic E-state index is 0.117. The van der Waals surface area contributed by atoms with Gasteiger partial charge < -0.3 is 10.4 Å². The number of rotatable bonds is 6. The van der Waals surface area contributed by atoms with E-state index in [0.717, 1.165) is 23.9 Å². The maximum Gasteiger partial charge on any atom is 0.331 e. The van der Waals surface area contributed by atoms with Crippen LogP contribution in [0.25, 0.3) is 0 Å². The van der Waals surface area contributed by atoms with Crippen LogP contribution in [0.3, 0.4) is 0 Å². The number of carbonyl (C=O) groups is 2. The van der Waals surface area contributed by atoms with Crippen LogP contribution in [-0.4, -0.2) is 38.5 Å². The van der Waals surface area contributed by atoms with Gasteiger partial charge in [-0.25, -0.2) is 9.00 Å². The van der Waals surface area contributed by atoms with Gasteiger partial charge in [0.15, 0.2) is 22.3 Å². The Kier molecular flexibility index (Phi) is 16.9. The van der Waals surface area contributed by atoms with Crippen molar-refractivity contribution in [2.24, 2.45) is 7.05 Å². The molecule has 2 rings (SSSR count). The van der Waals surface area contributed by atoms with Crippen molar-refractivity contribution < 1.29 is 18.9 Å². The second-order valence-electron chi connectivity index (χ2n) is 6.59. The molecule has 0 aliphatic rings. The first-order valence-electron chi connectivity index (χ1n) is 10.8. The number of aromatic nitrogens is 2. The molecule has 1 heterocycles. The number of hydrogen-bond donors (Lipinski definition) is 3. The van der Waals surface area contributed by atoms with Gasteiger partial charge in [-0.2, -0.15) is 5.10 Å². The number of urea groups is 1. The molecule has 1 aromatic heterocycles. The Morgan fingerprint density at radius 1 is 1.06 bits per heavy atom. The molecule has 9 heteroatoms. The van der Waals surface area contributed by atoms with Crippen molar-refractivity contribution in [2.45, 2.75) is 72.3 Å². The molecule has 0 saturated carbocycles. The van der Waals surface area contributed by atoms with Crippen LogP contribution < -0.4 is 10.0 Å². The predicted octanol–water partition coefficient (Wildman–Crippen LogP) is 4.98. The Morgan fingerprint density at radius 2 is 1.53 bits per heavy atom. The number of aliphatic hydroxyl groups excluding tert-OH is 1. The van der Waals surface area contributed by atoms with Crippen LogP contribution >= 0.6 is 0 Å². The molecule has 1 aromatic carbocycles. The third-order valence-electron chi connectivity index (χ3n) is 4.00. The van der Waals surface area contributed by atoms with Gasteiger partial charge in [0.25, 0.3) is 0 Å². The summed E-state index contributed by atoms with van der Waals surface area (Å²) in [6.45, 7) is 16.2. The zero-order valence-corrected chi connectivity index (χ0v) is 21.8. The molecule has 0 radical (unpaired) electrons. The van der Waals surface area contributed by atoms with E-state index in [4.69, 9.17) is 5.11 Å². The lowest BCUT2D eigenvalue weighted by molar-refractivity contribution is 0.111. The summed E-state index contributed by atoms with van der Waals surface area (Å²) in [6, 6.07) is 6.71. The van der Waals surface area contributed by atoms with Crippen LogP contribution in [0, 0.1) is 0 Å². The van der Waals surface area contributed by atoms with Crippen LogP contribution in [0.2, 0.25) is 0 Å². The zero-order chi connectivity index (χ0) is 25.4. The molecule has 1 unspecified atom stereocenters. The molecule has 0 spiro atoms. The van der Waals surface area contributed by atoms with E-state index < -0.39 is 17.0 Å². The van der Waals surface area contributed by atoms with E-state index in [1.54, 1.807) is 7.05 Å². The minimum atomic E-state index is -1.87. The number of nitrogens with zero attached hydrogens (tertiary/aromatic N) is 2. The Labute approximate surface area is 195 Å². The summed E-state index contributed by atoms with van der Waals surface area (Å²) < 4.78 is 16.0. The highest BCUT2D eigenvalue weighted by Gasteiger charge is 2.18. The van der Waals surface area contributed by atoms with Crippen LogP contribution in [0.15, 0.2) is 29.3 Å². The van der Waals surface area contributed by atoms with Gasteiger partial charge in [0.05, 0.1) is 0 Å². The highest BCUT2D eigenvalue weighted by molar-refractivity contribution is 7.83. The van der Waals surface area contributed by atoms with E-state index in [-0.39, 0.29) is 22.6 Å². The van der Waals surface area contributed by atoms with Crippen LogP contribution in [0.1, 0.15) is 88.8 Å². The Morgan fingerprint density at radius 3 is 1.91 bits per heavy atom. The summed E-state index contributed by atoms with van der Waals surface area (Å²) in [5.41, 5.74) is 3.04. The van der Waals surface area contributed by atoms with Gasteiger partial charge in [-0.1, -0.05) is 73.6 Å². The molecular weight excluding hydrogens is 428 g/mol. The second-order valence-corrected chi connectivity index (χ2v) is 7.75. The van der Waals surface area contributed by atoms with Gasteiger partial charge in [0, 0.05) is 25.9 Å². The molecule has 0 saturated heterocycles. The quantitative estimate of drug-likeness (QED) is 0.517. The normalized spacial score (nSPS) is 10.5. The van der Waals surface area contributed by atoms with Crippen molar-refractivity contribution in [1.82, 2.24) is 14.5 Å². The van der Waals surface area contributed by atoms with E-state index in [1.165, 1.54) is 10.7 Å². The monoisotopic (exact) mass is 468 g/mol. The molecule has 2 aromatic rings. The van der Waals surface area contributed by atoms with E-state index >= 15 is 0 Å². The molecule has 1 atom stereocenters. The van der Waals surface area contributed by atoms with Gasteiger partial charge in [-0.05, 0) is 23.0 Å². The van der Waals surface area contributed by atoms with E-state index in [0.29, 0.717) is 6.29 Å². The molecule has 0 aliphatic heterocycles. The second kappa shape index (κ2) is 17.1. The summed E-state index contributed by atoms with van der Waals surface area (Å²) in [6.07, 6.45) is 0.613. The maximum absolute atomic E-state index is 12.4. The number of para-hydroxylation sites is 1. The largest absolute Gasteiger partial charge is 0.400 e. The van der Waals surface area contributed by atoms with Gasteiger partial charge in [0.2, 0.25) is 0 Å². The Hall–Kier alpha value is -2.52. The average molecular weight is 469 g/mol. The molecule has 32 heavy (non-hydrogen) atoms. The van der Waals surface area contributed by atoms with Crippen molar-refractivity contribution in [3.63, 3.8) is 0 Å². The van der Waals surface area contributed by atoms with Crippen LogP contribution in [0.4, 0.5) is 10.5 Å². The fourth-order valence-electron chi connectivity index (χ4n) is 2.63. The first-order chi connectivity index (χ1) is 15.2. The van der Waals surface area contributed by atoms with E-state index in [9.17, 15) is 13.8 Å². The average Bonchev–Trinajstić information content (AvgIpc) is 3.18. The van der Waals surface area contributed by atoms with Gasteiger partial charge in [0.1, 0.15) is 5.69 Å². The molecule has 182 valence electrons. The number of carbonyl (C=O) groups excluding carboxylic acids is 2. The number of aliphatic hydroxyl groups is 1. The van der Waals surface area contributed by atoms with Crippen LogP contribution in [0.5, 0.6) is 0 Å². The summed E-state index contributed by atoms with van der Waals surface area (Å²) in [4.78, 5) is 23.3. The van der Waals surface area contributed by atoms with E-state index in [2.05, 4.69) is 42.8 Å². The number of aryl methyl sites for hydroxylation is 1. The number of amides is 2. The Bertz CT molecular complexity index is 822. The highest BCUT2D eigenvalue weighted by Crippen LogP contribution is 2.32. The number of aldehydes is 1. The van der Waals surface area contributed by atoms with Crippen molar-refractivity contribution in [2.75, 3.05) is 12.4 Å². The SMILES string of the molecule is CC.CC.CC(C)c1cccc(C(C)C)c1NC(=O)NS(=O)c1cc(C=O)n(C)n1.CO. The molecule has 3 N–H and O–H groups in total. The van der Waals surface area contributed by atoms with Gasteiger partial charge >= 0.3 is 6.03 Å². The standard InChI is InChI=1S/C18H24N4O3S.2C2H6.CH4O/c1-11(2)14-7-6-8-15(12(3)4)17(14)19-18(24)21-26(25)16-9-13(10-23)22(5)20-16;3*1-2/h6-12H,1-5H3,(H2,19,21,24);2*1-2H3;2H,1H3. The minimum Gasteiger partial charge on any atom is -0.400 e. The number of benzene rings is 1. The lowest BCUT2D eigenvalue weighted by Crippen LogP contribution is -2.31. The topological polar surface area (TPSA) is 113 Å². The fourth-order valence-corrected chi connectivity index (χ4v) is 3.37. The van der Waals surface area contributed by atoms with Crippen molar-refractivity contribution in [3.05, 3.63) is 41.1 Å². The van der Waals surface area contributed by atoms with Gasteiger partial charge in [-0.3, -0.25) is 14.2 Å². The predicted molar refractivity (Wildman–Crippen MR) is 133 cm³/mol. The first-order valence-corrected chi connectivity index (χ1v) is 12.0. The summed E-state index contributed by atoms with van der Waals surface area (Å²) >= 11 is 0. The maximum atomic E-state index is 12.4. The smallest absolute Gasteiger partial charge is 0.331 e. The Balaban J connectivity index is 0. The molecular formula is C23H40N4O4S. The molecule has 0 aliphatic carbocycles. The summed E-state index contributed by atoms with van der Waals surface area (Å²) in [7, 11) is 0.702. The third-order valence-corrected chi connectivity index (χ3v) is 4.95. The summed E-state index contributed by atoms with van der Waals surface area (Å²) in [5.74, 6) is 0.445.